The van der Waals surface area contributed by atoms with E-state index in [0.29, 0.717) is 12.5 Å². The molecule has 1 aromatic carbocycles. The number of anilines is 1. The lowest BCUT2D eigenvalue weighted by Crippen LogP contribution is -2.32. The van der Waals surface area contributed by atoms with Crippen LogP contribution < -0.4 is 10.2 Å². The predicted molar refractivity (Wildman–Crippen MR) is 85.2 cm³/mol. The Morgan fingerprint density at radius 2 is 2.24 bits per heavy atom. The maximum Gasteiger partial charge on any atom is 0.146 e. The second-order valence-corrected chi connectivity index (χ2v) is 6.25. The molecule has 4 heteroatoms. The average molecular weight is 294 g/mol. The molecule has 1 unspecified atom stereocenters. The van der Waals surface area contributed by atoms with Crippen molar-refractivity contribution in [3.63, 3.8) is 0 Å². The summed E-state index contributed by atoms with van der Waals surface area (Å²) in [6.45, 7) is 10.4. The third-order valence-electron chi connectivity index (χ3n) is 3.71. The SMILES string of the molecule is CC(C)CNCc1cccc(F)c1N1CCCOC(C)C1. The largest absolute Gasteiger partial charge is 0.377 e. The zero-order valence-corrected chi connectivity index (χ0v) is 13.4. The van der Waals surface area contributed by atoms with Crippen molar-refractivity contribution in [2.75, 3.05) is 31.1 Å². The van der Waals surface area contributed by atoms with E-state index >= 15 is 0 Å². The van der Waals surface area contributed by atoms with Gasteiger partial charge in [0.05, 0.1) is 11.8 Å². The third-order valence-corrected chi connectivity index (χ3v) is 3.71. The number of halogens is 1. The molecule has 1 atom stereocenters. The van der Waals surface area contributed by atoms with Gasteiger partial charge in [-0.2, -0.15) is 0 Å². The lowest BCUT2D eigenvalue weighted by molar-refractivity contribution is 0.0820. The van der Waals surface area contributed by atoms with Crippen LogP contribution in [-0.2, 0) is 11.3 Å². The van der Waals surface area contributed by atoms with Gasteiger partial charge in [0.1, 0.15) is 5.82 Å². The Balaban J connectivity index is 2.16. The van der Waals surface area contributed by atoms with E-state index in [-0.39, 0.29) is 11.9 Å². The summed E-state index contributed by atoms with van der Waals surface area (Å²) in [5.41, 5.74) is 1.77. The normalized spacial score (nSPS) is 19.9. The predicted octanol–water partition coefficient (Wildman–Crippen LogP) is 3.19. The van der Waals surface area contributed by atoms with Gasteiger partial charge in [0, 0.05) is 26.2 Å². The number of hydrogen-bond acceptors (Lipinski definition) is 3. The van der Waals surface area contributed by atoms with Gasteiger partial charge in [0.2, 0.25) is 0 Å². The van der Waals surface area contributed by atoms with Crippen LogP contribution in [0.4, 0.5) is 10.1 Å². The Labute approximate surface area is 127 Å². The molecule has 2 rings (SSSR count). The molecule has 1 aliphatic heterocycles. The van der Waals surface area contributed by atoms with Crippen LogP contribution in [0.5, 0.6) is 0 Å². The quantitative estimate of drug-likeness (QED) is 0.902. The van der Waals surface area contributed by atoms with Crippen molar-refractivity contribution in [1.82, 2.24) is 5.32 Å². The minimum absolute atomic E-state index is 0.132. The zero-order valence-electron chi connectivity index (χ0n) is 13.4. The molecule has 118 valence electrons. The number of rotatable bonds is 5. The molecule has 1 saturated heterocycles. The highest BCUT2D eigenvalue weighted by Crippen LogP contribution is 2.26. The molecule has 1 aliphatic rings. The van der Waals surface area contributed by atoms with Crippen LogP contribution in [-0.4, -0.2) is 32.3 Å². The minimum atomic E-state index is -0.132. The van der Waals surface area contributed by atoms with Crippen LogP contribution in [0.25, 0.3) is 0 Å². The highest BCUT2D eigenvalue weighted by atomic mass is 19.1. The van der Waals surface area contributed by atoms with Crippen molar-refractivity contribution >= 4 is 5.69 Å². The summed E-state index contributed by atoms with van der Waals surface area (Å²) in [5.74, 6) is 0.460. The second kappa shape index (κ2) is 7.76. The molecule has 3 nitrogen and oxygen atoms in total. The van der Waals surface area contributed by atoms with Gasteiger partial charge in [-0.1, -0.05) is 26.0 Å². The average Bonchev–Trinajstić information content (AvgIpc) is 2.63. The zero-order chi connectivity index (χ0) is 15.2. The molecule has 0 saturated carbocycles. The van der Waals surface area contributed by atoms with E-state index in [9.17, 15) is 4.39 Å². The van der Waals surface area contributed by atoms with E-state index in [1.54, 1.807) is 12.1 Å². The number of para-hydroxylation sites is 1. The fraction of sp³-hybridized carbons (Fsp3) is 0.647. The van der Waals surface area contributed by atoms with E-state index in [4.69, 9.17) is 4.74 Å². The van der Waals surface area contributed by atoms with Crippen molar-refractivity contribution < 1.29 is 9.13 Å². The fourth-order valence-electron chi connectivity index (χ4n) is 2.75. The molecule has 21 heavy (non-hydrogen) atoms. The van der Waals surface area contributed by atoms with E-state index in [0.717, 1.165) is 43.9 Å². The van der Waals surface area contributed by atoms with Gasteiger partial charge in [-0.15, -0.1) is 0 Å². The summed E-state index contributed by atoms with van der Waals surface area (Å²) in [4.78, 5) is 2.14. The maximum absolute atomic E-state index is 14.4. The molecular formula is C17H27FN2O. The van der Waals surface area contributed by atoms with Crippen LogP contribution in [0, 0.1) is 11.7 Å². The van der Waals surface area contributed by atoms with Crippen molar-refractivity contribution in [3.05, 3.63) is 29.6 Å². The smallest absolute Gasteiger partial charge is 0.146 e. The molecule has 1 fully saturated rings. The lowest BCUT2D eigenvalue weighted by Gasteiger charge is -2.27. The molecule has 0 aromatic heterocycles. The number of hydrogen-bond donors (Lipinski definition) is 1. The van der Waals surface area contributed by atoms with Gasteiger partial charge in [0.15, 0.2) is 0 Å². The van der Waals surface area contributed by atoms with E-state index < -0.39 is 0 Å². The molecule has 1 heterocycles. The summed E-state index contributed by atoms with van der Waals surface area (Å²) < 4.78 is 20.0. The Bertz CT molecular complexity index is 450. The first-order chi connectivity index (χ1) is 10.1. The van der Waals surface area contributed by atoms with Gasteiger partial charge in [0.25, 0.3) is 0 Å². The first-order valence-corrected chi connectivity index (χ1v) is 7.92. The van der Waals surface area contributed by atoms with E-state index in [1.807, 2.05) is 6.07 Å². The summed E-state index contributed by atoms with van der Waals surface area (Å²) in [5, 5.41) is 3.41. The standard InChI is InChI=1S/C17H27FN2O/c1-13(2)10-19-11-15-6-4-7-16(18)17(15)20-8-5-9-21-14(3)12-20/h4,6-7,13-14,19H,5,8-12H2,1-3H3. The van der Waals surface area contributed by atoms with Gasteiger partial charge in [-0.25, -0.2) is 4.39 Å². The third kappa shape index (κ3) is 4.68. The molecule has 1 N–H and O–H groups in total. The van der Waals surface area contributed by atoms with Crippen molar-refractivity contribution in [3.8, 4) is 0 Å². The molecule has 0 radical (unpaired) electrons. The van der Waals surface area contributed by atoms with Crippen molar-refractivity contribution in [2.24, 2.45) is 5.92 Å². The highest BCUT2D eigenvalue weighted by Gasteiger charge is 2.20. The molecule has 0 bridgehead atoms. The number of ether oxygens (including phenoxy) is 1. The highest BCUT2D eigenvalue weighted by molar-refractivity contribution is 5.55. The van der Waals surface area contributed by atoms with Gasteiger partial charge < -0.3 is 15.0 Å². The number of nitrogens with zero attached hydrogens (tertiary/aromatic N) is 1. The Morgan fingerprint density at radius 1 is 1.43 bits per heavy atom. The monoisotopic (exact) mass is 294 g/mol. The summed E-state index contributed by atoms with van der Waals surface area (Å²) in [6, 6.07) is 5.36. The second-order valence-electron chi connectivity index (χ2n) is 6.25. The molecule has 1 aromatic rings. The summed E-state index contributed by atoms with van der Waals surface area (Å²) in [6.07, 6.45) is 1.08. The topological polar surface area (TPSA) is 24.5 Å². The first kappa shape index (κ1) is 16.2. The summed E-state index contributed by atoms with van der Waals surface area (Å²) >= 11 is 0. The lowest BCUT2D eigenvalue weighted by atomic mass is 10.1. The number of nitrogens with one attached hydrogen (secondary N) is 1. The molecule has 0 amide bonds. The van der Waals surface area contributed by atoms with Crippen molar-refractivity contribution in [2.45, 2.75) is 39.8 Å². The Hall–Kier alpha value is -1.13. The molecule has 0 spiro atoms. The minimum Gasteiger partial charge on any atom is -0.377 e. The Morgan fingerprint density at radius 3 is 3.00 bits per heavy atom. The maximum atomic E-state index is 14.4. The van der Waals surface area contributed by atoms with Gasteiger partial charge in [-0.3, -0.25) is 0 Å². The van der Waals surface area contributed by atoms with Crippen molar-refractivity contribution in [1.29, 1.82) is 0 Å². The van der Waals surface area contributed by atoms with Gasteiger partial charge in [-0.05, 0) is 37.4 Å². The van der Waals surface area contributed by atoms with E-state index in [1.165, 1.54) is 0 Å². The summed E-state index contributed by atoms with van der Waals surface area (Å²) in [7, 11) is 0. The van der Waals surface area contributed by atoms with Crippen LogP contribution in [0.2, 0.25) is 0 Å². The van der Waals surface area contributed by atoms with Gasteiger partial charge >= 0.3 is 0 Å². The molecular weight excluding hydrogens is 267 g/mol. The van der Waals surface area contributed by atoms with Crippen LogP contribution in [0.15, 0.2) is 18.2 Å². The van der Waals surface area contributed by atoms with Crippen LogP contribution in [0.1, 0.15) is 32.8 Å². The fourth-order valence-corrected chi connectivity index (χ4v) is 2.75. The van der Waals surface area contributed by atoms with E-state index in [2.05, 4.69) is 31.0 Å². The van der Waals surface area contributed by atoms with Crippen LogP contribution in [0.3, 0.4) is 0 Å². The first-order valence-electron chi connectivity index (χ1n) is 7.92. The number of benzene rings is 1. The molecule has 0 aliphatic carbocycles. The van der Waals surface area contributed by atoms with Crippen LogP contribution >= 0.6 is 0 Å². The Kier molecular flexibility index (Phi) is 6.00.